The van der Waals surface area contributed by atoms with Crippen molar-refractivity contribution in [3.05, 3.63) is 49.4 Å². The maximum Gasteiger partial charge on any atom is 0.265 e. The first-order valence-electron chi connectivity index (χ1n) is 7.84. The molecule has 5 nitrogen and oxygen atoms in total. The van der Waals surface area contributed by atoms with Crippen molar-refractivity contribution in [3.8, 4) is 0 Å². The highest BCUT2D eigenvalue weighted by atomic mass is 35.5. The fourth-order valence-electron chi connectivity index (χ4n) is 2.82. The van der Waals surface area contributed by atoms with Crippen LogP contribution in [0.3, 0.4) is 0 Å². The molecule has 2 aromatic rings. The predicted octanol–water partition coefficient (Wildman–Crippen LogP) is 3.66. The van der Waals surface area contributed by atoms with E-state index in [4.69, 9.17) is 23.2 Å². The van der Waals surface area contributed by atoms with Crippen molar-refractivity contribution < 1.29 is 9.59 Å². The number of carbonyl (C=O) groups is 2. The Balaban J connectivity index is 1.66. The van der Waals surface area contributed by atoms with Crippen LogP contribution in [0.1, 0.15) is 30.7 Å². The third-order valence-electron chi connectivity index (χ3n) is 4.11. The van der Waals surface area contributed by atoms with E-state index in [1.165, 1.54) is 11.3 Å². The second-order valence-electron chi connectivity index (χ2n) is 5.86. The van der Waals surface area contributed by atoms with Crippen LogP contribution in [0.5, 0.6) is 0 Å². The summed E-state index contributed by atoms with van der Waals surface area (Å²) in [5.74, 6) is -0.154. The molecule has 1 aliphatic rings. The van der Waals surface area contributed by atoms with Gasteiger partial charge in [0, 0.05) is 31.2 Å². The van der Waals surface area contributed by atoms with E-state index in [-0.39, 0.29) is 11.8 Å². The zero-order chi connectivity index (χ0) is 18.1. The molecule has 2 heterocycles. The summed E-state index contributed by atoms with van der Waals surface area (Å²) >= 11 is 13.4. The van der Waals surface area contributed by atoms with Gasteiger partial charge in [0.25, 0.3) is 11.8 Å². The molecule has 0 saturated carbocycles. The smallest absolute Gasteiger partial charge is 0.265 e. The summed E-state index contributed by atoms with van der Waals surface area (Å²) < 4.78 is 0. The van der Waals surface area contributed by atoms with E-state index in [9.17, 15) is 9.59 Å². The maximum atomic E-state index is 12.6. The van der Waals surface area contributed by atoms with Gasteiger partial charge in [-0.1, -0.05) is 23.2 Å². The number of hydrogen-bond acceptors (Lipinski definition) is 4. The first-order valence-corrected chi connectivity index (χ1v) is 9.41. The number of thiazole rings is 1. The van der Waals surface area contributed by atoms with Gasteiger partial charge in [-0.25, -0.2) is 4.98 Å². The molecule has 1 saturated heterocycles. The van der Waals surface area contributed by atoms with Gasteiger partial charge >= 0.3 is 0 Å². The molecule has 0 radical (unpaired) electrons. The van der Waals surface area contributed by atoms with Gasteiger partial charge in [-0.05, 0) is 32.0 Å². The zero-order valence-corrected chi connectivity index (χ0v) is 16.2. The van der Waals surface area contributed by atoms with Crippen LogP contribution in [0.15, 0.2) is 18.2 Å². The molecule has 1 aliphatic heterocycles. The summed E-state index contributed by atoms with van der Waals surface area (Å²) in [5.41, 5.74) is 1.19. The van der Waals surface area contributed by atoms with E-state index < -0.39 is 0 Å². The Morgan fingerprint density at radius 3 is 2.16 bits per heavy atom. The van der Waals surface area contributed by atoms with Gasteiger partial charge in [0.15, 0.2) is 0 Å². The SMILES string of the molecule is Cc1nc(C)c(C(=O)N2CCN(C(=O)c3ccc(Cl)cc3Cl)CC2)s1. The lowest BCUT2D eigenvalue weighted by Gasteiger charge is -2.34. The van der Waals surface area contributed by atoms with Gasteiger partial charge in [0.1, 0.15) is 4.88 Å². The fraction of sp³-hybridized carbons (Fsp3) is 0.353. The van der Waals surface area contributed by atoms with Crippen LogP contribution in [0.4, 0.5) is 0 Å². The van der Waals surface area contributed by atoms with Gasteiger partial charge in [-0.15, -0.1) is 11.3 Å². The first kappa shape index (κ1) is 18.2. The van der Waals surface area contributed by atoms with E-state index in [0.29, 0.717) is 46.7 Å². The monoisotopic (exact) mass is 397 g/mol. The molecule has 25 heavy (non-hydrogen) atoms. The molecule has 1 aromatic carbocycles. The molecule has 0 aliphatic carbocycles. The van der Waals surface area contributed by atoms with Gasteiger partial charge in [-0.2, -0.15) is 0 Å². The van der Waals surface area contributed by atoms with Crippen LogP contribution < -0.4 is 0 Å². The Hall–Kier alpha value is -1.63. The fourth-order valence-corrected chi connectivity index (χ4v) is 4.20. The van der Waals surface area contributed by atoms with E-state index in [0.717, 1.165) is 10.7 Å². The van der Waals surface area contributed by atoms with E-state index in [1.54, 1.807) is 28.0 Å². The lowest BCUT2D eigenvalue weighted by Crippen LogP contribution is -2.50. The molecule has 0 spiro atoms. The van der Waals surface area contributed by atoms with Gasteiger partial charge < -0.3 is 9.80 Å². The number of benzene rings is 1. The second-order valence-corrected chi connectivity index (χ2v) is 7.90. The third-order valence-corrected chi connectivity index (χ3v) is 5.72. The minimum Gasteiger partial charge on any atom is -0.335 e. The Morgan fingerprint density at radius 1 is 1.04 bits per heavy atom. The quantitative estimate of drug-likeness (QED) is 0.776. The molecule has 0 unspecified atom stereocenters. The molecular formula is C17H17Cl2N3O2S. The summed E-state index contributed by atoms with van der Waals surface area (Å²) in [6, 6.07) is 4.84. The first-order chi connectivity index (χ1) is 11.9. The maximum absolute atomic E-state index is 12.6. The van der Waals surface area contributed by atoms with Crippen molar-refractivity contribution in [2.24, 2.45) is 0 Å². The molecular weight excluding hydrogens is 381 g/mol. The molecule has 8 heteroatoms. The lowest BCUT2D eigenvalue weighted by atomic mass is 10.1. The number of hydrogen-bond donors (Lipinski definition) is 0. The molecule has 0 bridgehead atoms. The summed E-state index contributed by atoms with van der Waals surface area (Å²) in [4.78, 5) is 33.7. The third kappa shape index (κ3) is 3.81. The van der Waals surface area contributed by atoms with Crippen molar-refractivity contribution in [1.82, 2.24) is 14.8 Å². The Kier molecular flexibility index (Phi) is 5.32. The Labute approximate surface area is 160 Å². The highest BCUT2D eigenvalue weighted by Gasteiger charge is 2.28. The highest BCUT2D eigenvalue weighted by Crippen LogP contribution is 2.24. The number of aromatic nitrogens is 1. The van der Waals surface area contributed by atoms with Gasteiger partial charge in [-0.3, -0.25) is 9.59 Å². The highest BCUT2D eigenvalue weighted by molar-refractivity contribution is 7.13. The minimum absolute atomic E-state index is 0.0141. The van der Waals surface area contributed by atoms with Gasteiger partial charge in [0.05, 0.1) is 21.3 Å². The number of piperazine rings is 1. The lowest BCUT2D eigenvalue weighted by molar-refractivity contribution is 0.0537. The number of aryl methyl sites for hydroxylation is 2. The number of rotatable bonds is 2. The van der Waals surface area contributed by atoms with Crippen LogP contribution in [-0.2, 0) is 0 Å². The summed E-state index contributed by atoms with van der Waals surface area (Å²) in [5, 5.41) is 1.71. The number of halogens is 2. The largest absolute Gasteiger partial charge is 0.335 e. The van der Waals surface area contributed by atoms with Crippen molar-refractivity contribution in [2.75, 3.05) is 26.2 Å². The topological polar surface area (TPSA) is 53.5 Å². The molecule has 132 valence electrons. The summed E-state index contributed by atoms with van der Waals surface area (Å²) in [6.07, 6.45) is 0. The zero-order valence-electron chi connectivity index (χ0n) is 13.9. The second kappa shape index (κ2) is 7.32. The number of nitrogens with zero attached hydrogens (tertiary/aromatic N) is 3. The van der Waals surface area contributed by atoms with Crippen molar-refractivity contribution >= 4 is 46.4 Å². The standard InChI is InChI=1S/C17H17Cl2N3O2S/c1-10-15(25-11(2)20-10)17(24)22-7-5-21(6-8-22)16(23)13-4-3-12(18)9-14(13)19/h3-4,9H,5-8H2,1-2H3. The van der Waals surface area contributed by atoms with Crippen molar-refractivity contribution in [3.63, 3.8) is 0 Å². The summed E-state index contributed by atoms with van der Waals surface area (Å²) in [7, 11) is 0. The van der Waals surface area contributed by atoms with Crippen molar-refractivity contribution in [1.29, 1.82) is 0 Å². The van der Waals surface area contributed by atoms with E-state index in [2.05, 4.69) is 4.98 Å². The van der Waals surface area contributed by atoms with Crippen LogP contribution >= 0.6 is 34.5 Å². The van der Waals surface area contributed by atoms with Crippen LogP contribution in [-0.4, -0.2) is 52.8 Å². The molecule has 0 atom stereocenters. The van der Waals surface area contributed by atoms with Crippen LogP contribution in [0.2, 0.25) is 10.0 Å². The van der Waals surface area contributed by atoms with Gasteiger partial charge in [0.2, 0.25) is 0 Å². The number of carbonyl (C=O) groups excluding carboxylic acids is 2. The average molecular weight is 398 g/mol. The minimum atomic E-state index is -0.140. The Bertz CT molecular complexity index is 829. The predicted molar refractivity (Wildman–Crippen MR) is 99.9 cm³/mol. The summed E-state index contributed by atoms with van der Waals surface area (Å²) in [6.45, 7) is 5.67. The molecule has 0 N–H and O–H groups in total. The molecule has 1 fully saturated rings. The average Bonchev–Trinajstić information content (AvgIpc) is 2.92. The van der Waals surface area contributed by atoms with Crippen molar-refractivity contribution in [2.45, 2.75) is 13.8 Å². The number of amides is 2. The van der Waals surface area contributed by atoms with Crippen LogP contribution in [0, 0.1) is 13.8 Å². The normalized spacial score (nSPS) is 14.7. The molecule has 1 aromatic heterocycles. The molecule has 3 rings (SSSR count). The van der Waals surface area contributed by atoms with E-state index in [1.807, 2.05) is 13.8 Å². The van der Waals surface area contributed by atoms with E-state index >= 15 is 0 Å². The Morgan fingerprint density at radius 2 is 1.64 bits per heavy atom. The molecule has 2 amide bonds. The van der Waals surface area contributed by atoms with Crippen LogP contribution in [0.25, 0.3) is 0 Å².